The second-order valence-corrected chi connectivity index (χ2v) is 19.2. The lowest BCUT2D eigenvalue weighted by atomic mass is 9.56. The third-order valence-electron chi connectivity index (χ3n) is 12.7. The van der Waals surface area contributed by atoms with Crippen molar-refractivity contribution < 1.29 is 41.8 Å². The lowest BCUT2D eigenvalue weighted by Gasteiger charge is -2.57. The number of hydrogen-bond donors (Lipinski definition) is 2. The van der Waals surface area contributed by atoms with Gasteiger partial charge in [-0.3, -0.25) is 14.4 Å². The van der Waals surface area contributed by atoms with Gasteiger partial charge in [-0.15, -0.1) is 0 Å². The van der Waals surface area contributed by atoms with E-state index in [1.165, 1.54) is 19.1 Å². The lowest BCUT2D eigenvalue weighted by molar-refractivity contribution is -0.162. The largest absolute Gasteiger partial charge is 0.457 e. The molecule has 4 aliphatic carbocycles. The molecule has 13 nitrogen and oxygen atoms in total. The van der Waals surface area contributed by atoms with Crippen molar-refractivity contribution >= 4 is 33.7 Å². The van der Waals surface area contributed by atoms with E-state index in [1.807, 2.05) is 44.2 Å². The first-order chi connectivity index (χ1) is 27.3. The van der Waals surface area contributed by atoms with Crippen LogP contribution in [0.2, 0.25) is 0 Å². The highest BCUT2D eigenvalue weighted by Crippen LogP contribution is 2.59. The quantitative estimate of drug-likeness (QED) is 0.118. The van der Waals surface area contributed by atoms with Gasteiger partial charge in [-0.25, -0.2) is 17.5 Å². The Labute approximate surface area is 337 Å². The Morgan fingerprint density at radius 1 is 0.895 bits per heavy atom. The van der Waals surface area contributed by atoms with Crippen LogP contribution in [0.15, 0.2) is 54.6 Å². The summed E-state index contributed by atoms with van der Waals surface area (Å²) < 4.78 is 47.0. The summed E-state index contributed by atoms with van der Waals surface area (Å²) in [6.07, 6.45) is 6.12. The topological polar surface area (TPSA) is 175 Å². The lowest BCUT2D eigenvalue weighted by Crippen LogP contribution is -2.66. The Morgan fingerprint density at radius 2 is 1.49 bits per heavy atom. The van der Waals surface area contributed by atoms with Gasteiger partial charge in [0.1, 0.15) is 18.7 Å². The summed E-state index contributed by atoms with van der Waals surface area (Å²) in [7, 11) is -1.30. The molecule has 14 heteroatoms. The average molecular weight is 809 g/mol. The second kappa shape index (κ2) is 18.4. The molecule has 312 valence electrons. The fourth-order valence-corrected chi connectivity index (χ4v) is 13.0. The Hall–Kier alpha value is -3.85. The van der Waals surface area contributed by atoms with Gasteiger partial charge in [0.05, 0.1) is 16.4 Å². The molecule has 2 aromatic carbocycles. The van der Waals surface area contributed by atoms with Crippen LogP contribution in [-0.4, -0.2) is 97.8 Å². The zero-order chi connectivity index (χ0) is 40.9. The molecule has 1 aliphatic heterocycles. The minimum atomic E-state index is -4.20. The van der Waals surface area contributed by atoms with Crippen LogP contribution in [-0.2, 0) is 40.4 Å². The Kier molecular flexibility index (Phi) is 13.8. The summed E-state index contributed by atoms with van der Waals surface area (Å²) in [6.45, 7) is 4.53. The molecule has 0 aromatic heterocycles. The molecule has 4 bridgehead atoms. The van der Waals surface area contributed by atoms with Gasteiger partial charge >= 0.3 is 5.97 Å². The normalized spacial score (nSPS) is 25.1. The first kappa shape index (κ1) is 42.7. The maximum atomic E-state index is 15.1. The Balaban J connectivity index is 1.04. The summed E-state index contributed by atoms with van der Waals surface area (Å²) >= 11 is 0. The Bertz CT molecular complexity index is 1800. The number of amides is 3. The maximum absolute atomic E-state index is 15.1. The van der Waals surface area contributed by atoms with Crippen LogP contribution in [0.5, 0.6) is 0 Å². The number of unbranched alkanes of at least 4 members (excludes halogenated alkanes) is 1. The molecule has 7 rings (SSSR count). The number of carbonyl (C=O) groups excluding carboxylic acids is 4. The SMILES string of the molecule is COC(OC)[C@H](C(C)C)N(C(=O)[C@@H]1CCCN1C(=O)[C@@H](N)CCCCNC(=O)c1ccc(C(=O)OCc2ccccc2)cc1)S(=O)(=O)C12CC3CC(CC(C3)C1)C2. The molecule has 2 aromatic rings. The summed E-state index contributed by atoms with van der Waals surface area (Å²) in [5, 5.41) is 2.87. The third kappa shape index (κ3) is 9.24. The van der Waals surface area contributed by atoms with Gasteiger partial charge in [-0.05, 0) is 124 Å². The van der Waals surface area contributed by atoms with Gasteiger partial charge in [0.15, 0.2) is 6.29 Å². The minimum Gasteiger partial charge on any atom is -0.457 e. The van der Waals surface area contributed by atoms with E-state index in [4.69, 9.17) is 19.9 Å². The number of likely N-dealkylation sites (tertiary alicyclic amines) is 1. The van der Waals surface area contributed by atoms with Gasteiger partial charge in [-0.1, -0.05) is 44.2 Å². The van der Waals surface area contributed by atoms with Crippen molar-refractivity contribution in [2.45, 2.75) is 120 Å². The highest BCUT2D eigenvalue weighted by molar-refractivity contribution is 7.91. The molecule has 4 saturated carbocycles. The number of nitrogens with one attached hydrogen (secondary N) is 1. The molecule has 3 atom stereocenters. The molecular formula is C43H60N4O9S. The highest BCUT2D eigenvalue weighted by Gasteiger charge is 2.62. The number of nitrogens with two attached hydrogens (primary N) is 1. The molecule has 0 spiro atoms. The number of benzene rings is 2. The van der Waals surface area contributed by atoms with Crippen LogP contribution in [0.1, 0.15) is 111 Å². The van der Waals surface area contributed by atoms with E-state index in [0.717, 1.165) is 29.1 Å². The van der Waals surface area contributed by atoms with E-state index in [-0.39, 0.29) is 24.3 Å². The average Bonchev–Trinajstić information content (AvgIpc) is 3.69. The molecule has 0 radical (unpaired) electrons. The van der Waals surface area contributed by atoms with Crippen LogP contribution in [0, 0.1) is 23.7 Å². The molecule has 57 heavy (non-hydrogen) atoms. The number of carbonyl (C=O) groups is 4. The molecule has 0 unspecified atom stereocenters. The van der Waals surface area contributed by atoms with E-state index in [2.05, 4.69) is 5.32 Å². The molecule has 3 amide bonds. The predicted molar refractivity (Wildman–Crippen MR) is 214 cm³/mol. The van der Waals surface area contributed by atoms with Gasteiger partial charge in [0, 0.05) is 32.9 Å². The van der Waals surface area contributed by atoms with Crippen molar-refractivity contribution in [2.24, 2.45) is 29.4 Å². The van der Waals surface area contributed by atoms with Crippen LogP contribution in [0.4, 0.5) is 0 Å². The smallest absolute Gasteiger partial charge is 0.338 e. The fourth-order valence-electron chi connectivity index (χ4n) is 10.2. The summed E-state index contributed by atoms with van der Waals surface area (Å²) in [6, 6.07) is 12.8. The Morgan fingerprint density at radius 3 is 2.07 bits per heavy atom. The minimum absolute atomic E-state index is 0.154. The third-order valence-corrected chi connectivity index (χ3v) is 15.2. The van der Waals surface area contributed by atoms with E-state index in [0.29, 0.717) is 93.3 Å². The first-order valence-corrected chi connectivity index (χ1v) is 22.0. The van der Waals surface area contributed by atoms with Crippen molar-refractivity contribution in [3.63, 3.8) is 0 Å². The van der Waals surface area contributed by atoms with Crippen molar-refractivity contribution in [3.8, 4) is 0 Å². The number of sulfonamides is 1. The van der Waals surface area contributed by atoms with Crippen molar-refractivity contribution in [1.82, 2.24) is 14.5 Å². The second-order valence-electron chi connectivity index (χ2n) is 17.0. The predicted octanol–water partition coefficient (Wildman–Crippen LogP) is 5.03. The molecule has 3 N–H and O–H groups in total. The molecular weight excluding hydrogens is 749 g/mol. The maximum Gasteiger partial charge on any atom is 0.338 e. The number of ether oxygens (including phenoxy) is 3. The zero-order valence-electron chi connectivity index (χ0n) is 33.8. The number of hydrogen-bond acceptors (Lipinski definition) is 10. The van der Waals surface area contributed by atoms with E-state index in [1.54, 1.807) is 24.3 Å². The number of nitrogens with zero attached hydrogens (tertiary/aromatic N) is 2. The van der Waals surface area contributed by atoms with Gasteiger partial charge in [0.2, 0.25) is 15.9 Å². The number of rotatable bonds is 18. The fraction of sp³-hybridized carbons (Fsp3) is 0.628. The van der Waals surface area contributed by atoms with E-state index < -0.39 is 51.1 Å². The molecule has 5 aliphatic rings. The number of esters is 1. The molecule has 1 heterocycles. The first-order valence-electron chi connectivity index (χ1n) is 20.6. The van der Waals surface area contributed by atoms with E-state index in [9.17, 15) is 19.2 Å². The molecule has 5 fully saturated rings. The van der Waals surface area contributed by atoms with Crippen molar-refractivity contribution in [3.05, 3.63) is 71.3 Å². The van der Waals surface area contributed by atoms with Crippen molar-refractivity contribution in [1.29, 1.82) is 0 Å². The van der Waals surface area contributed by atoms with Crippen LogP contribution in [0.3, 0.4) is 0 Å². The van der Waals surface area contributed by atoms with Gasteiger partial charge < -0.3 is 30.2 Å². The zero-order valence-corrected chi connectivity index (χ0v) is 34.6. The highest BCUT2D eigenvalue weighted by atomic mass is 32.2. The van der Waals surface area contributed by atoms with Crippen LogP contribution in [0.25, 0.3) is 0 Å². The van der Waals surface area contributed by atoms with Crippen LogP contribution >= 0.6 is 0 Å². The van der Waals surface area contributed by atoms with E-state index >= 15 is 8.42 Å². The monoisotopic (exact) mass is 808 g/mol. The summed E-state index contributed by atoms with van der Waals surface area (Å²) in [5.41, 5.74) is 8.07. The van der Waals surface area contributed by atoms with Gasteiger partial charge in [-0.2, -0.15) is 0 Å². The summed E-state index contributed by atoms with van der Waals surface area (Å²) in [5.74, 6) is -1.09. The number of methoxy groups -OCH3 is 2. The van der Waals surface area contributed by atoms with Crippen molar-refractivity contribution in [2.75, 3.05) is 27.3 Å². The standard InChI is InChI=1S/C43H60N4O9S/c1-28(2)37(42(54-3)55-4)47(57(52,53)43-24-30-21-31(25-43)23-32(22-30)26-43)40(50)36-14-10-20-46(36)39(49)35(44)13-8-9-19-45-38(48)33-15-17-34(18-16-33)41(51)56-27-29-11-6-5-7-12-29/h5-7,11-12,15-18,28,30-32,35-37,42H,8-10,13-14,19-27,44H2,1-4H3,(H,45,48)/t30?,31?,32?,35-,36-,37-,43?/m0/s1. The summed E-state index contributed by atoms with van der Waals surface area (Å²) in [4.78, 5) is 55.4. The molecule has 1 saturated heterocycles. The van der Waals surface area contributed by atoms with Gasteiger partial charge in [0.25, 0.3) is 11.8 Å². The van der Waals surface area contributed by atoms with Crippen LogP contribution < -0.4 is 11.1 Å².